The van der Waals surface area contributed by atoms with E-state index in [1.165, 1.54) is 0 Å². The minimum absolute atomic E-state index is 0.0719. The molecule has 5 nitrogen and oxygen atoms in total. The molecule has 0 aromatic carbocycles. The fourth-order valence-corrected chi connectivity index (χ4v) is 4.34. The van der Waals surface area contributed by atoms with Crippen LogP contribution in [0, 0.1) is 0 Å². The van der Waals surface area contributed by atoms with Crippen LogP contribution in [-0.4, -0.2) is 50.1 Å². The van der Waals surface area contributed by atoms with E-state index >= 15 is 0 Å². The van der Waals surface area contributed by atoms with Crippen LogP contribution in [0.1, 0.15) is 32.1 Å². The Bertz CT molecular complexity index is 340. The van der Waals surface area contributed by atoms with Gasteiger partial charge in [-0.15, -0.1) is 0 Å². The van der Waals surface area contributed by atoms with Gasteiger partial charge in [-0.25, -0.2) is 8.42 Å². The molecule has 17 heavy (non-hydrogen) atoms. The zero-order chi connectivity index (χ0) is 12.3. The lowest BCUT2D eigenvalue weighted by Crippen LogP contribution is -2.32. The maximum atomic E-state index is 11.8. The second-order valence-electron chi connectivity index (χ2n) is 4.75. The van der Waals surface area contributed by atoms with Gasteiger partial charge in [0.2, 0.25) is 0 Å². The van der Waals surface area contributed by atoms with E-state index in [0.29, 0.717) is 25.2 Å². The smallest absolute Gasteiger partial charge is 0.159 e. The molecule has 2 rings (SSSR count). The highest BCUT2D eigenvalue weighted by molar-refractivity contribution is 7.92. The first-order valence-electron chi connectivity index (χ1n) is 6.21. The van der Waals surface area contributed by atoms with E-state index in [2.05, 4.69) is 0 Å². The predicted octanol–water partition coefficient (Wildman–Crippen LogP) is 0.468. The molecule has 6 heteroatoms. The third kappa shape index (κ3) is 3.40. The van der Waals surface area contributed by atoms with Gasteiger partial charge in [0.25, 0.3) is 0 Å². The van der Waals surface area contributed by atoms with Crippen LogP contribution in [0.25, 0.3) is 0 Å². The van der Waals surface area contributed by atoms with Gasteiger partial charge in [-0.3, -0.25) is 0 Å². The summed E-state index contributed by atoms with van der Waals surface area (Å²) >= 11 is 0. The van der Waals surface area contributed by atoms with E-state index in [1.807, 2.05) is 0 Å². The van der Waals surface area contributed by atoms with Crippen LogP contribution < -0.4 is 0 Å². The summed E-state index contributed by atoms with van der Waals surface area (Å²) in [7, 11) is -2.95. The maximum Gasteiger partial charge on any atom is 0.159 e. The van der Waals surface area contributed by atoms with Gasteiger partial charge in [0, 0.05) is 13.0 Å². The third-order valence-corrected chi connectivity index (χ3v) is 5.73. The Hall–Kier alpha value is -0.170. The van der Waals surface area contributed by atoms with Crippen molar-refractivity contribution in [3.05, 3.63) is 0 Å². The highest BCUT2D eigenvalue weighted by Crippen LogP contribution is 2.27. The lowest BCUT2D eigenvalue weighted by molar-refractivity contribution is -0.0651. The first-order valence-corrected chi connectivity index (χ1v) is 7.93. The quantitative estimate of drug-likeness (QED) is 0.799. The van der Waals surface area contributed by atoms with Crippen molar-refractivity contribution < 1.29 is 23.0 Å². The van der Waals surface area contributed by atoms with Crippen molar-refractivity contribution in [2.45, 2.75) is 49.7 Å². The largest absolute Gasteiger partial charge is 0.396 e. The molecule has 0 bridgehead atoms. The summed E-state index contributed by atoms with van der Waals surface area (Å²) in [5, 5.41) is 8.48. The molecule has 0 amide bonds. The van der Waals surface area contributed by atoms with Crippen LogP contribution in [0.3, 0.4) is 0 Å². The summed E-state index contributed by atoms with van der Waals surface area (Å²) in [4.78, 5) is 0. The Morgan fingerprint density at radius 2 is 2.12 bits per heavy atom. The molecule has 0 saturated carbocycles. The molecule has 0 radical (unpaired) electrons. The zero-order valence-corrected chi connectivity index (χ0v) is 10.7. The van der Waals surface area contributed by atoms with Crippen molar-refractivity contribution in [3.63, 3.8) is 0 Å². The molecule has 2 heterocycles. The summed E-state index contributed by atoms with van der Waals surface area (Å²) in [5.74, 6) is 0.296. The first-order chi connectivity index (χ1) is 8.12. The summed E-state index contributed by atoms with van der Waals surface area (Å²) < 4.78 is 34.6. The lowest BCUT2D eigenvalue weighted by Gasteiger charge is -2.24. The van der Waals surface area contributed by atoms with Crippen LogP contribution in [-0.2, 0) is 19.3 Å². The molecule has 3 atom stereocenters. The number of aliphatic hydroxyl groups is 1. The molecule has 2 aliphatic rings. The Labute approximate surface area is 102 Å². The first kappa shape index (κ1) is 13.3. The predicted molar refractivity (Wildman–Crippen MR) is 62.4 cm³/mol. The van der Waals surface area contributed by atoms with Gasteiger partial charge >= 0.3 is 0 Å². The van der Waals surface area contributed by atoms with Gasteiger partial charge in [-0.2, -0.15) is 0 Å². The molecule has 1 N–H and O–H groups in total. The van der Waals surface area contributed by atoms with Crippen LogP contribution in [0.4, 0.5) is 0 Å². The van der Waals surface area contributed by atoms with Crippen molar-refractivity contribution in [1.29, 1.82) is 0 Å². The van der Waals surface area contributed by atoms with Crippen LogP contribution in [0.2, 0.25) is 0 Å². The Morgan fingerprint density at radius 1 is 1.29 bits per heavy atom. The monoisotopic (exact) mass is 264 g/mol. The summed E-state index contributed by atoms with van der Waals surface area (Å²) in [6.45, 7) is 0.528. The fourth-order valence-electron chi connectivity index (χ4n) is 2.43. The molecule has 3 unspecified atom stereocenters. The van der Waals surface area contributed by atoms with E-state index < -0.39 is 16.1 Å². The zero-order valence-electron chi connectivity index (χ0n) is 9.88. The molecule has 0 aromatic rings. The van der Waals surface area contributed by atoms with E-state index in [9.17, 15) is 8.42 Å². The Balaban J connectivity index is 1.85. The second kappa shape index (κ2) is 5.65. The standard InChI is InChI=1S/C11H20O5S/c12-5-4-9-8-15-11(16-9)7-10-3-1-2-6-17(10,13)14/h9-12H,1-8H2. The number of hydrogen-bond acceptors (Lipinski definition) is 5. The van der Waals surface area contributed by atoms with Gasteiger partial charge in [0.05, 0.1) is 23.7 Å². The minimum atomic E-state index is -2.95. The van der Waals surface area contributed by atoms with Crippen molar-refractivity contribution in [1.82, 2.24) is 0 Å². The molecule has 2 saturated heterocycles. The van der Waals surface area contributed by atoms with Crippen LogP contribution in [0.5, 0.6) is 0 Å². The third-order valence-electron chi connectivity index (χ3n) is 3.43. The van der Waals surface area contributed by atoms with Crippen LogP contribution >= 0.6 is 0 Å². The average molecular weight is 264 g/mol. The molecular formula is C11H20O5S. The Morgan fingerprint density at radius 3 is 2.82 bits per heavy atom. The van der Waals surface area contributed by atoms with Crippen molar-refractivity contribution in [2.24, 2.45) is 0 Å². The molecule has 0 spiro atoms. The van der Waals surface area contributed by atoms with Crippen molar-refractivity contribution >= 4 is 9.84 Å². The van der Waals surface area contributed by atoms with Gasteiger partial charge in [-0.05, 0) is 19.3 Å². The van der Waals surface area contributed by atoms with E-state index in [0.717, 1.165) is 19.3 Å². The van der Waals surface area contributed by atoms with E-state index in [1.54, 1.807) is 0 Å². The number of sulfone groups is 1. The molecule has 0 aromatic heterocycles. The topological polar surface area (TPSA) is 72.8 Å². The normalized spacial score (nSPS) is 37.1. The molecule has 0 aliphatic carbocycles. The highest BCUT2D eigenvalue weighted by atomic mass is 32.2. The van der Waals surface area contributed by atoms with Crippen molar-refractivity contribution in [3.8, 4) is 0 Å². The SMILES string of the molecule is O=S1(=O)CCCCC1CC1OCC(CCO)O1. The van der Waals surface area contributed by atoms with Gasteiger partial charge in [0.15, 0.2) is 16.1 Å². The molecular weight excluding hydrogens is 244 g/mol. The summed E-state index contributed by atoms with van der Waals surface area (Å²) in [5.41, 5.74) is 0. The van der Waals surface area contributed by atoms with Crippen molar-refractivity contribution in [2.75, 3.05) is 19.0 Å². The average Bonchev–Trinajstić information content (AvgIpc) is 2.70. The minimum Gasteiger partial charge on any atom is -0.396 e. The summed E-state index contributed by atoms with van der Waals surface area (Å²) in [6, 6.07) is 0. The lowest BCUT2D eigenvalue weighted by atomic mass is 10.1. The number of ether oxygens (including phenoxy) is 2. The maximum absolute atomic E-state index is 11.8. The highest BCUT2D eigenvalue weighted by Gasteiger charge is 2.34. The fraction of sp³-hybridized carbons (Fsp3) is 1.00. The molecule has 2 aliphatic heterocycles. The Kier molecular flexibility index (Phi) is 4.41. The molecule has 100 valence electrons. The van der Waals surface area contributed by atoms with E-state index in [4.69, 9.17) is 14.6 Å². The van der Waals surface area contributed by atoms with Gasteiger partial charge in [-0.1, -0.05) is 6.42 Å². The van der Waals surface area contributed by atoms with Gasteiger partial charge in [0.1, 0.15) is 0 Å². The molecule has 2 fully saturated rings. The number of aliphatic hydroxyl groups excluding tert-OH is 1. The van der Waals surface area contributed by atoms with Gasteiger partial charge < -0.3 is 14.6 Å². The van der Waals surface area contributed by atoms with Crippen LogP contribution in [0.15, 0.2) is 0 Å². The van der Waals surface area contributed by atoms with E-state index in [-0.39, 0.29) is 18.0 Å². The number of hydrogen-bond donors (Lipinski definition) is 1. The second-order valence-corrected chi connectivity index (χ2v) is 7.15. The summed E-state index contributed by atoms with van der Waals surface area (Å²) in [6.07, 6.45) is 2.95. The number of rotatable bonds is 4.